The van der Waals surface area contributed by atoms with Gasteiger partial charge in [-0.05, 0) is 54.8 Å². The van der Waals surface area contributed by atoms with E-state index in [0.29, 0.717) is 36.9 Å². The van der Waals surface area contributed by atoms with Crippen molar-refractivity contribution in [3.63, 3.8) is 0 Å². The lowest BCUT2D eigenvalue weighted by Gasteiger charge is -2.35. The molecule has 1 aromatic heterocycles. The molecule has 4 heterocycles. The summed E-state index contributed by atoms with van der Waals surface area (Å²) in [6, 6.07) is 9.33. The fourth-order valence-corrected chi connectivity index (χ4v) is 7.57. The lowest BCUT2D eigenvalue weighted by atomic mass is 9.96. The van der Waals surface area contributed by atoms with Crippen LogP contribution in [-0.2, 0) is 14.8 Å². The number of sulfonamides is 1. The van der Waals surface area contributed by atoms with E-state index in [1.807, 2.05) is 23.1 Å². The Kier molecular flexibility index (Phi) is 6.14. The predicted octanol–water partition coefficient (Wildman–Crippen LogP) is 3.67. The van der Waals surface area contributed by atoms with Crippen molar-refractivity contribution in [1.82, 2.24) is 9.21 Å². The number of carbonyl (C=O) groups is 1. The molecule has 7 nitrogen and oxygen atoms in total. The van der Waals surface area contributed by atoms with Crippen LogP contribution in [0, 0.1) is 5.92 Å². The largest absolute Gasteiger partial charge is 0.490 e. The molecule has 3 aliphatic heterocycles. The standard InChI is InChI=1S/C23H28N2O5S2/c26-23(18-5-1-10-24(16-18)32(27,28)22-7-3-14-31-22)25-11-2-6-19(25)17-8-9-20-21(15-17)30-13-4-12-29-20/h3,7-9,14-15,18-19H,1-2,4-6,10-13,16H2/t18-,19-/m0/s1. The van der Waals surface area contributed by atoms with E-state index in [1.54, 1.807) is 17.5 Å². The molecule has 2 atom stereocenters. The minimum Gasteiger partial charge on any atom is -0.490 e. The Labute approximate surface area is 193 Å². The zero-order valence-electron chi connectivity index (χ0n) is 17.9. The first-order chi connectivity index (χ1) is 15.5. The molecule has 1 amide bonds. The molecule has 0 bridgehead atoms. The third kappa shape index (κ3) is 4.13. The van der Waals surface area contributed by atoms with Crippen molar-refractivity contribution in [2.45, 2.75) is 42.4 Å². The second kappa shape index (κ2) is 9.03. The van der Waals surface area contributed by atoms with E-state index >= 15 is 0 Å². The Bertz CT molecular complexity index is 1070. The molecule has 0 unspecified atom stereocenters. The lowest BCUT2D eigenvalue weighted by Crippen LogP contribution is -2.46. The summed E-state index contributed by atoms with van der Waals surface area (Å²) in [7, 11) is -3.54. The zero-order valence-corrected chi connectivity index (χ0v) is 19.6. The van der Waals surface area contributed by atoms with Gasteiger partial charge in [-0.3, -0.25) is 4.79 Å². The topological polar surface area (TPSA) is 76.2 Å². The van der Waals surface area contributed by atoms with Crippen LogP contribution in [0.15, 0.2) is 39.9 Å². The molecule has 2 saturated heterocycles. The molecule has 2 fully saturated rings. The minimum absolute atomic E-state index is 0.0102. The smallest absolute Gasteiger partial charge is 0.252 e. The van der Waals surface area contributed by atoms with Gasteiger partial charge in [0.25, 0.3) is 10.0 Å². The van der Waals surface area contributed by atoms with Gasteiger partial charge in [0.15, 0.2) is 11.5 Å². The maximum Gasteiger partial charge on any atom is 0.252 e. The number of piperidine rings is 1. The quantitative estimate of drug-likeness (QED) is 0.673. The van der Waals surface area contributed by atoms with Crippen molar-refractivity contribution in [3.05, 3.63) is 41.3 Å². The van der Waals surface area contributed by atoms with E-state index in [4.69, 9.17) is 9.47 Å². The Balaban J connectivity index is 1.33. The van der Waals surface area contributed by atoms with Gasteiger partial charge >= 0.3 is 0 Å². The highest BCUT2D eigenvalue weighted by molar-refractivity contribution is 7.91. The second-order valence-corrected chi connectivity index (χ2v) is 11.7. The summed E-state index contributed by atoms with van der Waals surface area (Å²) in [6.45, 7) is 2.69. The number of amides is 1. The Hall–Kier alpha value is -2.10. The first kappa shape index (κ1) is 21.7. The van der Waals surface area contributed by atoms with Crippen LogP contribution in [-0.4, -0.2) is 56.4 Å². The summed E-state index contributed by atoms with van der Waals surface area (Å²) in [5.41, 5.74) is 1.05. The van der Waals surface area contributed by atoms with E-state index < -0.39 is 10.0 Å². The minimum atomic E-state index is -3.54. The van der Waals surface area contributed by atoms with Crippen molar-refractivity contribution >= 4 is 27.3 Å². The molecule has 0 N–H and O–H groups in total. The number of likely N-dealkylation sites (tertiary alicyclic amines) is 1. The predicted molar refractivity (Wildman–Crippen MR) is 122 cm³/mol. The molecule has 172 valence electrons. The fraction of sp³-hybridized carbons (Fsp3) is 0.522. The molecule has 0 aliphatic carbocycles. The molecule has 0 saturated carbocycles. The summed E-state index contributed by atoms with van der Waals surface area (Å²) in [5.74, 6) is 1.25. The van der Waals surface area contributed by atoms with Crippen molar-refractivity contribution in [1.29, 1.82) is 0 Å². The number of carbonyl (C=O) groups excluding carboxylic acids is 1. The fourth-order valence-electron chi connectivity index (χ4n) is 4.90. The summed E-state index contributed by atoms with van der Waals surface area (Å²) < 4.78 is 39.4. The second-order valence-electron chi connectivity index (χ2n) is 8.58. The van der Waals surface area contributed by atoms with Gasteiger partial charge in [-0.2, -0.15) is 4.31 Å². The van der Waals surface area contributed by atoms with E-state index in [1.165, 1.54) is 15.6 Å². The van der Waals surface area contributed by atoms with E-state index in [9.17, 15) is 13.2 Å². The number of benzene rings is 1. The van der Waals surface area contributed by atoms with E-state index in [2.05, 4.69) is 0 Å². The maximum absolute atomic E-state index is 13.5. The van der Waals surface area contributed by atoms with Gasteiger partial charge in [0.05, 0.1) is 25.2 Å². The summed E-state index contributed by atoms with van der Waals surface area (Å²) in [5, 5.41) is 1.77. The SMILES string of the molecule is O=C([C@H]1CCCN(S(=O)(=O)c2cccs2)C1)N1CCC[C@H]1c1ccc2c(c1)OCCCO2. The van der Waals surface area contributed by atoms with Gasteiger partial charge in [0.2, 0.25) is 5.91 Å². The molecule has 3 aliphatic rings. The Morgan fingerprint density at radius 3 is 2.62 bits per heavy atom. The van der Waals surface area contributed by atoms with Crippen LogP contribution in [0.3, 0.4) is 0 Å². The van der Waals surface area contributed by atoms with Crippen LogP contribution in [0.25, 0.3) is 0 Å². The molecule has 0 spiro atoms. The highest BCUT2D eigenvalue weighted by atomic mass is 32.2. The van der Waals surface area contributed by atoms with Crippen LogP contribution in [0.4, 0.5) is 0 Å². The normalized spacial score (nSPS) is 24.3. The summed E-state index contributed by atoms with van der Waals surface area (Å²) >= 11 is 1.22. The van der Waals surface area contributed by atoms with Crippen LogP contribution >= 0.6 is 11.3 Å². The zero-order chi connectivity index (χ0) is 22.1. The van der Waals surface area contributed by atoms with Gasteiger partial charge < -0.3 is 14.4 Å². The van der Waals surface area contributed by atoms with Crippen molar-refractivity contribution in [2.24, 2.45) is 5.92 Å². The number of nitrogens with zero attached hydrogens (tertiary/aromatic N) is 2. The molecule has 32 heavy (non-hydrogen) atoms. The van der Waals surface area contributed by atoms with Gasteiger partial charge in [-0.25, -0.2) is 8.42 Å². The molecule has 9 heteroatoms. The lowest BCUT2D eigenvalue weighted by molar-refractivity contribution is -0.137. The van der Waals surface area contributed by atoms with Crippen LogP contribution < -0.4 is 9.47 Å². The monoisotopic (exact) mass is 476 g/mol. The van der Waals surface area contributed by atoms with Crippen molar-refractivity contribution < 1.29 is 22.7 Å². The molecule has 0 radical (unpaired) electrons. The molecule has 5 rings (SSSR count). The molecule has 1 aromatic carbocycles. The summed E-state index contributed by atoms with van der Waals surface area (Å²) in [4.78, 5) is 15.5. The Morgan fingerprint density at radius 2 is 1.81 bits per heavy atom. The highest BCUT2D eigenvalue weighted by Gasteiger charge is 2.39. The van der Waals surface area contributed by atoms with Gasteiger partial charge in [0.1, 0.15) is 4.21 Å². The maximum atomic E-state index is 13.5. The van der Waals surface area contributed by atoms with Crippen LogP contribution in [0.1, 0.15) is 43.7 Å². The van der Waals surface area contributed by atoms with Crippen molar-refractivity contribution in [3.8, 4) is 11.5 Å². The third-order valence-electron chi connectivity index (χ3n) is 6.51. The number of hydrogen-bond acceptors (Lipinski definition) is 6. The van der Waals surface area contributed by atoms with Gasteiger partial charge in [-0.15, -0.1) is 11.3 Å². The number of ether oxygens (including phenoxy) is 2. The number of rotatable bonds is 4. The molecular weight excluding hydrogens is 448 g/mol. The number of fused-ring (bicyclic) bond motifs is 1. The number of thiophene rings is 1. The molecule has 2 aromatic rings. The molecular formula is C23H28N2O5S2. The average Bonchev–Trinajstić information content (AvgIpc) is 3.48. The first-order valence-electron chi connectivity index (χ1n) is 11.3. The van der Waals surface area contributed by atoms with Gasteiger partial charge in [-0.1, -0.05) is 12.1 Å². The average molecular weight is 477 g/mol. The van der Waals surface area contributed by atoms with Crippen LogP contribution in [0.2, 0.25) is 0 Å². The number of hydrogen-bond donors (Lipinski definition) is 0. The van der Waals surface area contributed by atoms with E-state index in [0.717, 1.165) is 42.7 Å². The highest BCUT2D eigenvalue weighted by Crippen LogP contribution is 2.39. The first-order valence-corrected chi connectivity index (χ1v) is 13.6. The van der Waals surface area contributed by atoms with Crippen LogP contribution in [0.5, 0.6) is 11.5 Å². The Morgan fingerprint density at radius 1 is 1.00 bits per heavy atom. The third-order valence-corrected chi connectivity index (χ3v) is 9.75. The van der Waals surface area contributed by atoms with Crippen molar-refractivity contribution in [2.75, 3.05) is 32.8 Å². The summed E-state index contributed by atoms with van der Waals surface area (Å²) in [6.07, 6.45) is 4.11. The van der Waals surface area contributed by atoms with Gasteiger partial charge in [0, 0.05) is 26.1 Å². The van der Waals surface area contributed by atoms with E-state index in [-0.39, 0.29) is 24.4 Å².